The van der Waals surface area contributed by atoms with Gasteiger partial charge in [-0.1, -0.05) is 6.92 Å². The zero-order valence-corrected chi connectivity index (χ0v) is 6.55. The molecule has 2 N–H and O–H groups in total. The summed E-state index contributed by atoms with van der Waals surface area (Å²) in [6.45, 7) is 1.80. The lowest BCUT2D eigenvalue weighted by Gasteiger charge is -2.04. The van der Waals surface area contributed by atoms with E-state index in [1.165, 1.54) is 7.05 Å². The Morgan fingerprint density at radius 3 is 2.09 bits per heavy atom. The predicted molar refractivity (Wildman–Crippen MR) is 39.3 cm³/mol. The monoisotopic (exact) mass is 154 g/mol. The standard InChI is InChI=1S/C7H10N2O2/c1-3-4-5(8)7(11)9(2)6(4)10/h3,8H2,1-2H3. The predicted octanol–water partition coefficient (Wildman–Crippen LogP) is -0.392. The van der Waals surface area contributed by atoms with Crippen molar-refractivity contribution in [3.63, 3.8) is 0 Å². The lowest BCUT2D eigenvalue weighted by atomic mass is 10.2. The maximum Gasteiger partial charge on any atom is 0.276 e. The van der Waals surface area contributed by atoms with Crippen molar-refractivity contribution in [2.75, 3.05) is 7.05 Å². The van der Waals surface area contributed by atoms with E-state index in [4.69, 9.17) is 5.73 Å². The van der Waals surface area contributed by atoms with Gasteiger partial charge < -0.3 is 5.73 Å². The first kappa shape index (κ1) is 7.78. The van der Waals surface area contributed by atoms with Crippen molar-refractivity contribution >= 4 is 11.8 Å². The zero-order chi connectivity index (χ0) is 8.59. The van der Waals surface area contributed by atoms with Crippen LogP contribution in [-0.4, -0.2) is 23.8 Å². The third kappa shape index (κ3) is 0.906. The second-order valence-electron chi connectivity index (χ2n) is 2.42. The molecule has 4 nitrogen and oxygen atoms in total. The molecule has 0 bridgehead atoms. The fourth-order valence-corrected chi connectivity index (χ4v) is 1.06. The van der Waals surface area contributed by atoms with Crippen molar-refractivity contribution in [1.82, 2.24) is 4.90 Å². The number of amides is 2. The Morgan fingerprint density at radius 2 is 1.91 bits per heavy atom. The van der Waals surface area contributed by atoms with Crippen molar-refractivity contribution in [3.05, 3.63) is 11.3 Å². The molecular weight excluding hydrogens is 144 g/mol. The summed E-state index contributed by atoms with van der Waals surface area (Å²) in [7, 11) is 1.43. The van der Waals surface area contributed by atoms with Crippen LogP contribution in [0, 0.1) is 0 Å². The van der Waals surface area contributed by atoms with E-state index < -0.39 is 0 Å². The number of nitrogens with two attached hydrogens (primary N) is 1. The normalized spacial score (nSPS) is 18.5. The molecule has 1 heterocycles. The van der Waals surface area contributed by atoms with E-state index in [-0.39, 0.29) is 17.5 Å². The number of hydrogen-bond acceptors (Lipinski definition) is 3. The molecule has 0 fully saturated rings. The van der Waals surface area contributed by atoms with Crippen molar-refractivity contribution in [2.45, 2.75) is 13.3 Å². The van der Waals surface area contributed by atoms with Crippen molar-refractivity contribution in [3.8, 4) is 0 Å². The summed E-state index contributed by atoms with van der Waals surface area (Å²) >= 11 is 0. The minimum atomic E-state index is -0.383. The van der Waals surface area contributed by atoms with Gasteiger partial charge in [-0.3, -0.25) is 14.5 Å². The summed E-state index contributed by atoms with van der Waals surface area (Å²) in [4.78, 5) is 23.2. The number of imide groups is 1. The van der Waals surface area contributed by atoms with Crippen LogP contribution in [0.1, 0.15) is 13.3 Å². The third-order valence-electron chi connectivity index (χ3n) is 1.78. The molecule has 0 aromatic carbocycles. The maximum absolute atomic E-state index is 11.1. The Bertz CT molecular complexity index is 255. The first-order chi connectivity index (χ1) is 5.09. The van der Waals surface area contributed by atoms with Gasteiger partial charge in [0.2, 0.25) is 0 Å². The summed E-state index contributed by atoms with van der Waals surface area (Å²) in [5.41, 5.74) is 5.91. The number of carbonyl (C=O) groups excluding carboxylic acids is 2. The highest BCUT2D eigenvalue weighted by atomic mass is 16.2. The summed E-state index contributed by atoms with van der Waals surface area (Å²) in [5.74, 6) is -0.651. The van der Waals surface area contributed by atoms with E-state index >= 15 is 0 Å². The van der Waals surface area contributed by atoms with Gasteiger partial charge in [-0.15, -0.1) is 0 Å². The maximum atomic E-state index is 11.1. The van der Waals surface area contributed by atoms with Gasteiger partial charge in [-0.05, 0) is 6.42 Å². The Balaban J connectivity index is 3.08. The second-order valence-corrected chi connectivity index (χ2v) is 2.42. The van der Waals surface area contributed by atoms with Gasteiger partial charge in [0.1, 0.15) is 5.70 Å². The van der Waals surface area contributed by atoms with Crippen LogP contribution in [0.2, 0.25) is 0 Å². The van der Waals surface area contributed by atoms with E-state index in [9.17, 15) is 9.59 Å². The fourth-order valence-electron chi connectivity index (χ4n) is 1.06. The van der Waals surface area contributed by atoms with Crippen LogP contribution in [0.3, 0.4) is 0 Å². The number of likely N-dealkylation sites (N-methyl/N-ethyl adjacent to an activating group) is 1. The largest absolute Gasteiger partial charge is 0.394 e. The summed E-state index contributed by atoms with van der Waals surface area (Å²) in [6, 6.07) is 0. The average molecular weight is 154 g/mol. The minimum Gasteiger partial charge on any atom is -0.394 e. The van der Waals surface area contributed by atoms with Gasteiger partial charge in [-0.2, -0.15) is 0 Å². The van der Waals surface area contributed by atoms with Crippen LogP contribution in [0.15, 0.2) is 11.3 Å². The molecule has 0 aromatic heterocycles. The highest BCUT2D eigenvalue weighted by Gasteiger charge is 2.32. The highest BCUT2D eigenvalue weighted by molar-refractivity contribution is 6.18. The van der Waals surface area contributed by atoms with Crippen LogP contribution in [0.25, 0.3) is 0 Å². The highest BCUT2D eigenvalue weighted by Crippen LogP contribution is 2.17. The number of nitrogens with zero attached hydrogens (tertiary/aromatic N) is 1. The molecule has 60 valence electrons. The van der Waals surface area contributed by atoms with Crippen LogP contribution in [0.5, 0.6) is 0 Å². The number of carbonyl (C=O) groups is 2. The lowest BCUT2D eigenvalue weighted by molar-refractivity contribution is -0.136. The number of hydrogen-bond donors (Lipinski definition) is 1. The van der Waals surface area contributed by atoms with Crippen molar-refractivity contribution in [1.29, 1.82) is 0 Å². The minimum absolute atomic E-state index is 0.0972. The molecule has 0 aliphatic carbocycles. The molecule has 11 heavy (non-hydrogen) atoms. The molecule has 2 amide bonds. The molecule has 0 unspecified atom stereocenters. The number of rotatable bonds is 1. The molecule has 1 aliphatic heterocycles. The van der Waals surface area contributed by atoms with E-state index in [2.05, 4.69) is 0 Å². The Labute approximate surface area is 64.7 Å². The molecule has 0 atom stereocenters. The van der Waals surface area contributed by atoms with Crippen LogP contribution >= 0.6 is 0 Å². The zero-order valence-electron chi connectivity index (χ0n) is 6.55. The van der Waals surface area contributed by atoms with E-state index in [0.29, 0.717) is 12.0 Å². The molecular formula is C7H10N2O2. The van der Waals surface area contributed by atoms with Gasteiger partial charge >= 0.3 is 0 Å². The molecule has 0 saturated heterocycles. The molecule has 1 rings (SSSR count). The first-order valence-corrected chi connectivity index (χ1v) is 3.40. The van der Waals surface area contributed by atoms with Gasteiger partial charge in [-0.25, -0.2) is 0 Å². The molecule has 4 heteroatoms. The van der Waals surface area contributed by atoms with Crippen LogP contribution in [-0.2, 0) is 9.59 Å². The van der Waals surface area contributed by atoms with Gasteiger partial charge in [0.05, 0.1) is 0 Å². The Hall–Kier alpha value is -1.32. The molecule has 0 aromatic rings. The Kier molecular flexibility index (Phi) is 1.68. The third-order valence-corrected chi connectivity index (χ3v) is 1.78. The quantitative estimate of drug-likeness (QED) is 0.523. The van der Waals surface area contributed by atoms with Crippen molar-refractivity contribution in [2.24, 2.45) is 5.73 Å². The topological polar surface area (TPSA) is 63.4 Å². The van der Waals surface area contributed by atoms with Crippen molar-refractivity contribution < 1.29 is 9.59 Å². The lowest BCUT2D eigenvalue weighted by Crippen LogP contribution is -2.28. The smallest absolute Gasteiger partial charge is 0.276 e. The van der Waals surface area contributed by atoms with Gasteiger partial charge in [0.25, 0.3) is 11.8 Å². The Morgan fingerprint density at radius 1 is 1.36 bits per heavy atom. The SMILES string of the molecule is CCC1=C(N)C(=O)N(C)C1=O. The fraction of sp³-hybridized carbons (Fsp3) is 0.429. The van der Waals surface area contributed by atoms with E-state index in [0.717, 1.165) is 4.90 Å². The van der Waals surface area contributed by atoms with Gasteiger partial charge in [0, 0.05) is 12.6 Å². The van der Waals surface area contributed by atoms with Gasteiger partial charge in [0.15, 0.2) is 0 Å². The first-order valence-electron chi connectivity index (χ1n) is 3.40. The average Bonchev–Trinajstić information content (AvgIpc) is 2.17. The molecule has 0 spiro atoms. The summed E-state index contributed by atoms with van der Waals surface area (Å²) in [6.07, 6.45) is 0.515. The van der Waals surface area contributed by atoms with Crippen LogP contribution < -0.4 is 5.73 Å². The molecule has 0 radical (unpaired) electrons. The summed E-state index contributed by atoms with van der Waals surface area (Å²) in [5, 5.41) is 0. The molecule has 0 saturated carbocycles. The van der Waals surface area contributed by atoms with E-state index in [1.807, 2.05) is 0 Å². The van der Waals surface area contributed by atoms with Crippen LogP contribution in [0.4, 0.5) is 0 Å². The summed E-state index contributed by atoms with van der Waals surface area (Å²) < 4.78 is 0. The van der Waals surface area contributed by atoms with E-state index in [1.54, 1.807) is 6.92 Å². The molecule has 1 aliphatic rings. The second kappa shape index (κ2) is 2.38.